The number of benzene rings is 1. The minimum Gasteiger partial charge on any atom is -0.454 e. The average Bonchev–Trinajstić information content (AvgIpc) is 3.15. The molecule has 0 aliphatic carbocycles. The minimum atomic E-state index is 0.106. The smallest absolute Gasteiger partial charge is 0.246 e. The quantitative estimate of drug-likeness (QED) is 0.792. The van der Waals surface area contributed by atoms with E-state index in [2.05, 4.69) is 4.90 Å². The molecule has 3 aliphatic heterocycles. The van der Waals surface area contributed by atoms with E-state index in [-0.39, 0.29) is 12.7 Å². The SMILES string of the molecule is O=C(/C=C\c1ccc2c(c1)OCO2)N1CCC(N2CCCCC2)CC1. The summed E-state index contributed by atoms with van der Waals surface area (Å²) >= 11 is 0. The van der Waals surface area contributed by atoms with Crippen molar-refractivity contribution in [2.45, 2.75) is 38.1 Å². The number of likely N-dealkylation sites (tertiary alicyclic amines) is 2. The van der Waals surface area contributed by atoms with Gasteiger partial charge in [-0.25, -0.2) is 0 Å². The lowest BCUT2D eigenvalue weighted by Crippen LogP contribution is -2.47. The van der Waals surface area contributed by atoms with Gasteiger partial charge in [-0.05, 0) is 62.5 Å². The zero-order valence-electron chi connectivity index (χ0n) is 14.7. The Bertz CT molecular complexity index is 644. The Morgan fingerprint density at radius 1 is 1.00 bits per heavy atom. The predicted molar refractivity (Wildman–Crippen MR) is 96.6 cm³/mol. The lowest BCUT2D eigenvalue weighted by atomic mass is 10.00. The third kappa shape index (κ3) is 3.82. The first-order valence-electron chi connectivity index (χ1n) is 9.40. The van der Waals surface area contributed by atoms with Gasteiger partial charge in [-0.3, -0.25) is 4.79 Å². The van der Waals surface area contributed by atoms with Gasteiger partial charge in [-0.15, -0.1) is 0 Å². The molecule has 3 heterocycles. The summed E-state index contributed by atoms with van der Waals surface area (Å²) in [6.45, 7) is 4.48. The molecule has 134 valence electrons. The molecule has 0 bridgehead atoms. The topological polar surface area (TPSA) is 42.0 Å². The largest absolute Gasteiger partial charge is 0.454 e. The van der Waals surface area contributed by atoms with Crippen LogP contribution in [0, 0.1) is 0 Å². The lowest BCUT2D eigenvalue weighted by Gasteiger charge is -2.40. The summed E-state index contributed by atoms with van der Waals surface area (Å²) in [5.74, 6) is 1.62. The van der Waals surface area contributed by atoms with Crippen LogP contribution in [0.4, 0.5) is 0 Å². The molecular formula is C20H26N2O3. The average molecular weight is 342 g/mol. The molecule has 4 rings (SSSR count). The van der Waals surface area contributed by atoms with Gasteiger partial charge in [0, 0.05) is 25.2 Å². The van der Waals surface area contributed by atoms with Crippen molar-refractivity contribution >= 4 is 12.0 Å². The van der Waals surface area contributed by atoms with Crippen LogP contribution in [0.25, 0.3) is 6.08 Å². The fourth-order valence-electron chi connectivity index (χ4n) is 4.02. The normalized spacial score (nSPS) is 21.8. The van der Waals surface area contributed by atoms with Crippen molar-refractivity contribution in [2.24, 2.45) is 0 Å². The zero-order valence-corrected chi connectivity index (χ0v) is 14.7. The standard InChI is InChI=1S/C20H26N2O3/c23-20(7-5-16-4-6-18-19(14-16)25-15-24-18)22-12-8-17(9-13-22)21-10-2-1-3-11-21/h4-7,14,17H,1-3,8-13,15H2/b7-5-. The summed E-state index contributed by atoms with van der Waals surface area (Å²) in [6, 6.07) is 6.41. The third-order valence-corrected chi connectivity index (χ3v) is 5.50. The van der Waals surface area contributed by atoms with Gasteiger partial charge in [0.25, 0.3) is 0 Å². The summed E-state index contributed by atoms with van der Waals surface area (Å²) in [7, 11) is 0. The molecule has 0 atom stereocenters. The van der Waals surface area contributed by atoms with Crippen LogP contribution in [0.1, 0.15) is 37.7 Å². The van der Waals surface area contributed by atoms with E-state index in [0.29, 0.717) is 6.04 Å². The van der Waals surface area contributed by atoms with Crippen LogP contribution >= 0.6 is 0 Å². The highest BCUT2D eigenvalue weighted by atomic mass is 16.7. The second-order valence-corrected chi connectivity index (χ2v) is 7.10. The van der Waals surface area contributed by atoms with Crippen LogP contribution in [-0.2, 0) is 4.79 Å². The molecule has 2 saturated heterocycles. The van der Waals surface area contributed by atoms with Crippen molar-refractivity contribution in [3.63, 3.8) is 0 Å². The van der Waals surface area contributed by atoms with Crippen molar-refractivity contribution in [3.05, 3.63) is 29.8 Å². The number of carbonyl (C=O) groups excluding carboxylic acids is 1. The zero-order chi connectivity index (χ0) is 17.1. The van der Waals surface area contributed by atoms with Crippen LogP contribution in [0.15, 0.2) is 24.3 Å². The maximum atomic E-state index is 12.5. The Morgan fingerprint density at radius 2 is 1.76 bits per heavy atom. The number of nitrogens with zero attached hydrogens (tertiary/aromatic N) is 2. The Morgan fingerprint density at radius 3 is 2.56 bits per heavy atom. The van der Waals surface area contributed by atoms with Crippen molar-refractivity contribution in [3.8, 4) is 11.5 Å². The maximum Gasteiger partial charge on any atom is 0.246 e. The third-order valence-electron chi connectivity index (χ3n) is 5.50. The second kappa shape index (κ2) is 7.48. The van der Waals surface area contributed by atoms with Gasteiger partial charge in [0.05, 0.1) is 0 Å². The van der Waals surface area contributed by atoms with Crippen LogP contribution in [0.5, 0.6) is 11.5 Å². The molecule has 0 unspecified atom stereocenters. The highest BCUT2D eigenvalue weighted by Gasteiger charge is 2.26. The van der Waals surface area contributed by atoms with Crippen molar-refractivity contribution in [1.82, 2.24) is 9.80 Å². The molecule has 0 N–H and O–H groups in total. The molecule has 25 heavy (non-hydrogen) atoms. The van der Waals surface area contributed by atoms with Crippen LogP contribution < -0.4 is 9.47 Å². The van der Waals surface area contributed by atoms with Gasteiger partial charge in [-0.2, -0.15) is 0 Å². The molecule has 1 amide bonds. The first kappa shape index (κ1) is 16.5. The Balaban J connectivity index is 1.30. The lowest BCUT2D eigenvalue weighted by molar-refractivity contribution is -0.127. The molecular weight excluding hydrogens is 316 g/mol. The van der Waals surface area contributed by atoms with Crippen LogP contribution in [-0.4, -0.2) is 54.7 Å². The van der Waals surface area contributed by atoms with Crippen molar-refractivity contribution < 1.29 is 14.3 Å². The molecule has 5 nitrogen and oxygen atoms in total. The molecule has 5 heteroatoms. The fraction of sp³-hybridized carbons (Fsp3) is 0.550. The van der Waals surface area contributed by atoms with E-state index in [1.807, 2.05) is 29.2 Å². The molecule has 0 saturated carbocycles. The first-order chi connectivity index (χ1) is 12.3. The maximum absolute atomic E-state index is 12.5. The van der Waals surface area contributed by atoms with E-state index >= 15 is 0 Å². The number of carbonyl (C=O) groups is 1. The van der Waals surface area contributed by atoms with E-state index in [9.17, 15) is 4.79 Å². The summed E-state index contributed by atoms with van der Waals surface area (Å²) < 4.78 is 10.7. The molecule has 0 aromatic heterocycles. The van der Waals surface area contributed by atoms with E-state index < -0.39 is 0 Å². The number of piperidine rings is 2. The number of fused-ring (bicyclic) bond motifs is 1. The molecule has 0 radical (unpaired) electrons. The second-order valence-electron chi connectivity index (χ2n) is 7.10. The van der Waals surface area contributed by atoms with E-state index in [1.54, 1.807) is 6.08 Å². The number of hydrogen-bond acceptors (Lipinski definition) is 4. The van der Waals surface area contributed by atoms with Crippen LogP contribution in [0.3, 0.4) is 0 Å². The molecule has 2 fully saturated rings. The van der Waals surface area contributed by atoms with Crippen molar-refractivity contribution in [1.29, 1.82) is 0 Å². The summed E-state index contributed by atoms with van der Waals surface area (Å²) in [4.78, 5) is 17.1. The number of amides is 1. The number of ether oxygens (including phenoxy) is 2. The van der Waals surface area contributed by atoms with Gasteiger partial charge < -0.3 is 19.3 Å². The molecule has 0 spiro atoms. The summed E-state index contributed by atoms with van der Waals surface area (Å²) in [5, 5.41) is 0. The molecule has 3 aliphatic rings. The fourth-order valence-corrected chi connectivity index (χ4v) is 4.02. The van der Waals surface area contributed by atoms with E-state index in [1.165, 1.54) is 32.4 Å². The predicted octanol–water partition coefficient (Wildman–Crippen LogP) is 2.91. The van der Waals surface area contributed by atoms with Gasteiger partial charge in [0.1, 0.15) is 0 Å². The van der Waals surface area contributed by atoms with E-state index in [4.69, 9.17) is 9.47 Å². The Labute approximate surface area is 149 Å². The molecule has 1 aromatic carbocycles. The number of hydrogen-bond donors (Lipinski definition) is 0. The molecule has 1 aromatic rings. The summed E-state index contributed by atoms with van der Waals surface area (Å²) in [5.41, 5.74) is 0.959. The van der Waals surface area contributed by atoms with Gasteiger partial charge >= 0.3 is 0 Å². The Hall–Kier alpha value is -2.01. The Kier molecular flexibility index (Phi) is 4.92. The summed E-state index contributed by atoms with van der Waals surface area (Å²) in [6.07, 6.45) is 9.78. The highest BCUT2D eigenvalue weighted by Crippen LogP contribution is 2.32. The number of rotatable bonds is 3. The van der Waals surface area contributed by atoms with Crippen molar-refractivity contribution in [2.75, 3.05) is 33.0 Å². The minimum absolute atomic E-state index is 0.106. The highest BCUT2D eigenvalue weighted by molar-refractivity contribution is 5.92. The van der Waals surface area contributed by atoms with Gasteiger partial charge in [0.2, 0.25) is 12.7 Å². The first-order valence-corrected chi connectivity index (χ1v) is 9.40. The monoisotopic (exact) mass is 342 g/mol. The van der Waals surface area contributed by atoms with E-state index in [0.717, 1.165) is 43.0 Å². The van der Waals surface area contributed by atoms with Gasteiger partial charge in [-0.1, -0.05) is 12.5 Å². The van der Waals surface area contributed by atoms with Gasteiger partial charge in [0.15, 0.2) is 11.5 Å². The van der Waals surface area contributed by atoms with Crippen LogP contribution in [0.2, 0.25) is 0 Å².